The number of hydrogen-bond donors (Lipinski definition) is 1. The number of halogens is 2. The molecule has 1 N–H and O–H groups in total. The summed E-state index contributed by atoms with van der Waals surface area (Å²) in [6.07, 6.45) is 0.763. The van der Waals surface area contributed by atoms with E-state index in [4.69, 9.17) is 16.3 Å². The van der Waals surface area contributed by atoms with Crippen molar-refractivity contribution in [2.75, 3.05) is 6.61 Å². The normalized spacial score (nSPS) is 14.9. The van der Waals surface area contributed by atoms with Gasteiger partial charge < -0.3 is 9.72 Å². The summed E-state index contributed by atoms with van der Waals surface area (Å²) < 4.78 is 6.30. The van der Waals surface area contributed by atoms with Crippen molar-refractivity contribution in [3.8, 4) is 0 Å². The van der Waals surface area contributed by atoms with Gasteiger partial charge in [0.25, 0.3) is 0 Å². The molecule has 0 spiro atoms. The first-order valence-corrected chi connectivity index (χ1v) is 6.73. The van der Waals surface area contributed by atoms with Crippen LogP contribution in [-0.2, 0) is 17.8 Å². The van der Waals surface area contributed by atoms with Crippen LogP contribution in [0.5, 0.6) is 0 Å². The number of H-pyrrole nitrogens is 1. The maximum Gasteiger partial charge on any atom is 0.195 e. The van der Waals surface area contributed by atoms with E-state index >= 15 is 0 Å². The van der Waals surface area contributed by atoms with E-state index < -0.39 is 0 Å². The molecule has 0 amide bonds. The monoisotopic (exact) mass is 361 g/mol. The van der Waals surface area contributed by atoms with Gasteiger partial charge in [0.2, 0.25) is 0 Å². The van der Waals surface area contributed by atoms with Crippen molar-refractivity contribution in [3.05, 3.63) is 42.2 Å². The summed E-state index contributed by atoms with van der Waals surface area (Å²) in [5.41, 5.74) is 2.64. The summed E-state index contributed by atoms with van der Waals surface area (Å²) in [5, 5.41) is 1.23. The van der Waals surface area contributed by atoms with Crippen molar-refractivity contribution in [3.63, 3.8) is 0 Å². The molecule has 5 heteroatoms. The van der Waals surface area contributed by atoms with E-state index in [0.717, 1.165) is 26.8 Å². The number of aromatic amines is 1. The van der Waals surface area contributed by atoms with Gasteiger partial charge in [0.1, 0.15) is 0 Å². The third kappa shape index (κ3) is 1.88. The molecule has 88 valence electrons. The zero-order chi connectivity index (χ0) is 12.0. The van der Waals surface area contributed by atoms with Crippen LogP contribution in [0.2, 0.25) is 5.02 Å². The SMILES string of the molecule is O=c1c2c([nH]c3c(I)cc(Cl)cc13)CCOC2. The Balaban J connectivity index is 2.44. The van der Waals surface area contributed by atoms with Crippen LogP contribution in [0.4, 0.5) is 0 Å². The van der Waals surface area contributed by atoms with Crippen LogP contribution < -0.4 is 5.43 Å². The molecule has 0 saturated carbocycles. The topological polar surface area (TPSA) is 42.1 Å². The Hall–Kier alpha value is -0.590. The molecule has 0 atom stereocenters. The van der Waals surface area contributed by atoms with Gasteiger partial charge >= 0.3 is 0 Å². The van der Waals surface area contributed by atoms with Gasteiger partial charge in [-0.25, -0.2) is 0 Å². The molecule has 3 rings (SSSR count). The molecule has 3 nitrogen and oxygen atoms in total. The van der Waals surface area contributed by atoms with E-state index in [1.165, 1.54) is 0 Å². The highest BCUT2D eigenvalue weighted by Gasteiger charge is 2.17. The summed E-state index contributed by atoms with van der Waals surface area (Å²) in [7, 11) is 0. The largest absolute Gasteiger partial charge is 0.376 e. The number of aromatic nitrogens is 1. The van der Waals surface area contributed by atoms with Crippen LogP contribution in [0.1, 0.15) is 11.3 Å². The molecule has 0 unspecified atom stereocenters. The van der Waals surface area contributed by atoms with Gasteiger partial charge in [-0.2, -0.15) is 0 Å². The number of rotatable bonds is 0. The van der Waals surface area contributed by atoms with Gasteiger partial charge in [0, 0.05) is 31.7 Å². The molecule has 1 aliphatic rings. The lowest BCUT2D eigenvalue weighted by molar-refractivity contribution is 0.109. The second-order valence-corrected chi connectivity index (χ2v) is 5.62. The average Bonchev–Trinajstić information content (AvgIpc) is 2.31. The fraction of sp³-hybridized carbons (Fsp3) is 0.250. The van der Waals surface area contributed by atoms with E-state index in [0.29, 0.717) is 23.6 Å². The third-order valence-corrected chi connectivity index (χ3v) is 4.03. The van der Waals surface area contributed by atoms with Crippen molar-refractivity contribution >= 4 is 45.1 Å². The molecule has 2 aromatic rings. The summed E-state index contributed by atoms with van der Waals surface area (Å²) in [6.45, 7) is 1.06. The fourth-order valence-corrected chi connectivity index (χ4v) is 3.28. The highest BCUT2D eigenvalue weighted by molar-refractivity contribution is 14.1. The number of fused-ring (bicyclic) bond motifs is 2. The summed E-state index contributed by atoms with van der Waals surface area (Å²) >= 11 is 8.18. The van der Waals surface area contributed by atoms with Crippen LogP contribution in [0.25, 0.3) is 10.9 Å². The second-order valence-electron chi connectivity index (χ2n) is 4.02. The Kier molecular flexibility index (Phi) is 2.88. The average molecular weight is 362 g/mol. The van der Waals surface area contributed by atoms with Gasteiger partial charge in [0.15, 0.2) is 5.43 Å². The lowest BCUT2D eigenvalue weighted by atomic mass is 10.1. The number of hydrogen-bond acceptors (Lipinski definition) is 2. The van der Waals surface area contributed by atoms with Gasteiger partial charge in [-0.3, -0.25) is 4.79 Å². The molecule has 0 aliphatic carbocycles. The van der Waals surface area contributed by atoms with Gasteiger partial charge in [-0.1, -0.05) is 11.6 Å². The van der Waals surface area contributed by atoms with Crippen LogP contribution in [0.15, 0.2) is 16.9 Å². The van der Waals surface area contributed by atoms with Crippen molar-refractivity contribution in [2.45, 2.75) is 13.0 Å². The first-order chi connectivity index (χ1) is 8.16. The fourth-order valence-electron chi connectivity index (χ4n) is 2.12. The van der Waals surface area contributed by atoms with E-state index in [1.807, 2.05) is 6.07 Å². The second kappa shape index (κ2) is 4.26. The number of nitrogens with one attached hydrogen (secondary N) is 1. The van der Waals surface area contributed by atoms with Crippen molar-refractivity contribution in [2.24, 2.45) is 0 Å². The standard InChI is InChI=1S/C12H9ClINO2/c13-6-3-7-11(9(14)4-6)15-10-1-2-17-5-8(10)12(7)16/h3-4H,1-2,5H2,(H,15,16). The minimum atomic E-state index is 0.0360. The van der Waals surface area contributed by atoms with Crippen molar-refractivity contribution in [1.29, 1.82) is 0 Å². The zero-order valence-electron chi connectivity index (χ0n) is 8.85. The van der Waals surface area contributed by atoms with Crippen molar-refractivity contribution in [1.82, 2.24) is 4.98 Å². The molecule has 1 aliphatic heterocycles. The Morgan fingerprint density at radius 2 is 2.24 bits per heavy atom. The molecule has 1 aromatic heterocycles. The van der Waals surface area contributed by atoms with Gasteiger partial charge in [-0.05, 0) is 34.7 Å². The Labute approximate surface area is 116 Å². The zero-order valence-corrected chi connectivity index (χ0v) is 11.8. The highest BCUT2D eigenvalue weighted by atomic mass is 127. The smallest absolute Gasteiger partial charge is 0.195 e. The highest BCUT2D eigenvalue weighted by Crippen LogP contribution is 2.24. The van der Waals surface area contributed by atoms with E-state index in [-0.39, 0.29) is 5.43 Å². The molecule has 0 bridgehead atoms. The number of benzene rings is 1. The maximum atomic E-state index is 12.3. The molecule has 0 radical (unpaired) electrons. The minimum Gasteiger partial charge on any atom is -0.376 e. The Morgan fingerprint density at radius 3 is 3.06 bits per heavy atom. The molecule has 2 heterocycles. The van der Waals surface area contributed by atoms with Crippen LogP contribution in [0, 0.1) is 3.57 Å². The summed E-state index contributed by atoms with van der Waals surface area (Å²) in [5.74, 6) is 0. The third-order valence-electron chi connectivity index (χ3n) is 2.96. The Bertz CT molecular complexity index is 666. The molecule has 0 saturated heterocycles. The van der Waals surface area contributed by atoms with Crippen LogP contribution >= 0.6 is 34.2 Å². The first-order valence-electron chi connectivity index (χ1n) is 5.27. The minimum absolute atomic E-state index is 0.0360. The van der Waals surface area contributed by atoms with Crippen LogP contribution in [0.3, 0.4) is 0 Å². The number of ether oxygens (including phenoxy) is 1. The van der Waals surface area contributed by atoms with Gasteiger partial charge in [0.05, 0.1) is 18.7 Å². The van der Waals surface area contributed by atoms with Gasteiger partial charge in [-0.15, -0.1) is 0 Å². The first kappa shape index (κ1) is 11.5. The molecule has 17 heavy (non-hydrogen) atoms. The molecular weight excluding hydrogens is 352 g/mol. The maximum absolute atomic E-state index is 12.3. The summed E-state index contributed by atoms with van der Waals surface area (Å²) in [6, 6.07) is 3.57. The lowest BCUT2D eigenvalue weighted by Gasteiger charge is -2.17. The molecular formula is C12H9ClINO2. The Morgan fingerprint density at radius 1 is 1.41 bits per heavy atom. The van der Waals surface area contributed by atoms with E-state index in [1.54, 1.807) is 6.07 Å². The predicted octanol–water partition coefficient (Wildman–Crippen LogP) is 2.86. The quantitative estimate of drug-likeness (QED) is 0.733. The lowest BCUT2D eigenvalue weighted by Crippen LogP contribution is -2.22. The predicted molar refractivity (Wildman–Crippen MR) is 75.7 cm³/mol. The van der Waals surface area contributed by atoms with Crippen molar-refractivity contribution < 1.29 is 4.74 Å². The van der Waals surface area contributed by atoms with E-state index in [9.17, 15) is 4.79 Å². The number of pyridine rings is 1. The van der Waals surface area contributed by atoms with Crippen LogP contribution in [-0.4, -0.2) is 11.6 Å². The van der Waals surface area contributed by atoms with E-state index in [2.05, 4.69) is 27.6 Å². The molecule has 1 aromatic carbocycles. The molecule has 0 fully saturated rings. The summed E-state index contributed by atoms with van der Waals surface area (Å²) in [4.78, 5) is 15.7.